The molecule has 0 saturated carbocycles. The highest BCUT2D eigenvalue weighted by Crippen LogP contribution is 2.23. The van der Waals surface area contributed by atoms with Crippen molar-refractivity contribution in [1.29, 1.82) is 0 Å². The maximum atomic E-state index is 12.1. The highest BCUT2D eigenvalue weighted by molar-refractivity contribution is 6.00. The van der Waals surface area contributed by atoms with Gasteiger partial charge in [-0.05, 0) is 37.1 Å². The van der Waals surface area contributed by atoms with Crippen molar-refractivity contribution in [2.24, 2.45) is 0 Å². The Balaban J connectivity index is 2.09. The summed E-state index contributed by atoms with van der Waals surface area (Å²) in [6, 6.07) is 5.54. The quantitative estimate of drug-likeness (QED) is 0.660. The van der Waals surface area contributed by atoms with Crippen LogP contribution in [0.5, 0.6) is 0 Å². The number of anilines is 1. The summed E-state index contributed by atoms with van der Waals surface area (Å²) in [4.78, 5) is 12.1. The van der Waals surface area contributed by atoms with Crippen molar-refractivity contribution >= 4 is 11.5 Å². The lowest BCUT2D eigenvalue weighted by Crippen LogP contribution is -2.35. The Morgan fingerprint density at radius 1 is 1.59 bits per heavy atom. The zero-order valence-corrected chi connectivity index (χ0v) is 9.99. The number of nitrogens with one attached hydrogen (secondary N) is 2. The predicted molar refractivity (Wildman–Crippen MR) is 67.5 cm³/mol. The summed E-state index contributed by atoms with van der Waals surface area (Å²) in [6.45, 7) is 3.26. The van der Waals surface area contributed by atoms with Crippen LogP contribution >= 0.6 is 0 Å². The van der Waals surface area contributed by atoms with Gasteiger partial charge in [-0.2, -0.15) is 0 Å². The van der Waals surface area contributed by atoms with Crippen molar-refractivity contribution < 1.29 is 9.90 Å². The summed E-state index contributed by atoms with van der Waals surface area (Å²) in [5.41, 5.74) is 3.09. The third-order valence-corrected chi connectivity index (χ3v) is 3.06. The summed E-state index contributed by atoms with van der Waals surface area (Å²) in [6.07, 6.45) is 0.981. The molecule has 3 N–H and O–H groups in total. The van der Waals surface area contributed by atoms with E-state index in [1.54, 1.807) is 0 Å². The molecule has 1 aliphatic rings. The molecule has 1 heterocycles. The second kappa shape index (κ2) is 5.29. The first-order valence-corrected chi connectivity index (χ1v) is 5.97. The molecule has 2 rings (SSSR count). The lowest BCUT2D eigenvalue weighted by atomic mass is 10.0. The average Bonchev–Trinajstić information content (AvgIpc) is 2.81. The molecule has 4 nitrogen and oxygen atoms in total. The molecule has 0 bridgehead atoms. The van der Waals surface area contributed by atoms with Gasteiger partial charge in [-0.3, -0.25) is 4.79 Å². The number of hydrogen-bond donors (Lipinski definition) is 3. The van der Waals surface area contributed by atoms with Crippen LogP contribution in [0.15, 0.2) is 18.2 Å². The average molecular weight is 234 g/mol. The lowest BCUT2D eigenvalue weighted by molar-refractivity contribution is 0.0948. The van der Waals surface area contributed by atoms with E-state index in [1.165, 1.54) is 5.56 Å². The van der Waals surface area contributed by atoms with Gasteiger partial charge in [-0.1, -0.05) is 0 Å². The van der Waals surface area contributed by atoms with Crippen LogP contribution in [-0.2, 0) is 6.42 Å². The first-order valence-electron chi connectivity index (χ1n) is 5.97. The number of benzene rings is 1. The molecule has 0 saturated heterocycles. The van der Waals surface area contributed by atoms with Crippen molar-refractivity contribution in [2.75, 3.05) is 25.0 Å². The molecule has 0 radical (unpaired) electrons. The van der Waals surface area contributed by atoms with E-state index in [1.807, 2.05) is 25.1 Å². The fourth-order valence-electron chi connectivity index (χ4n) is 2.08. The summed E-state index contributed by atoms with van der Waals surface area (Å²) in [5.74, 6) is 0.0770. The van der Waals surface area contributed by atoms with Crippen LogP contribution in [0.2, 0.25) is 0 Å². The van der Waals surface area contributed by atoms with Crippen molar-refractivity contribution in [3.63, 3.8) is 0 Å². The van der Waals surface area contributed by atoms with Gasteiger partial charge in [0.25, 0.3) is 0 Å². The normalized spacial score (nSPS) is 15.2. The molecular weight excluding hydrogens is 216 g/mol. The SMILES string of the molecule is CC(NCCO)C(=O)c1ccc2c(c1)CCN2. The van der Waals surface area contributed by atoms with Gasteiger partial charge in [0.15, 0.2) is 5.78 Å². The van der Waals surface area contributed by atoms with Gasteiger partial charge < -0.3 is 15.7 Å². The fourth-order valence-corrected chi connectivity index (χ4v) is 2.08. The van der Waals surface area contributed by atoms with Gasteiger partial charge >= 0.3 is 0 Å². The number of aliphatic hydroxyl groups is 1. The molecule has 1 aromatic rings. The number of carbonyl (C=O) groups is 1. The smallest absolute Gasteiger partial charge is 0.179 e. The fraction of sp³-hybridized carbons (Fsp3) is 0.462. The number of ketones is 1. The van der Waals surface area contributed by atoms with Crippen LogP contribution in [0.25, 0.3) is 0 Å². The van der Waals surface area contributed by atoms with Crippen LogP contribution in [-0.4, -0.2) is 36.6 Å². The Hall–Kier alpha value is -1.39. The Morgan fingerprint density at radius 3 is 3.18 bits per heavy atom. The van der Waals surface area contributed by atoms with Crippen LogP contribution in [0, 0.1) is 0 Å². The molecule has 1 atom stereocenters. The number of Topliss-reactive ketones (excluding diaryl/α,β-unsaturated/α-hetero) is 1. The molecule has 17 heavy (non-hydrogen) atoms. The molecule has 1 aliphatic heterocycles. The minimum atomic E-state index is -0.255. The number of hydrogen-bond acceptors (Lipinski definition) is 4. The summed E-state index contributed by atoms with van der Waals surface area (Å²) in [5, 5.41) is 15.0. The van der Waals surface area contributed by atoms with E-state index in [4.69, 9.17) is 5.11 Å². The highest BCUT2D eigenvalue weighted by Gasteiger charge is 2.17. The molecule has 1 unspecified atom stereocenters. The van der Waals surface area contributed by atoms with Gasteiger partial charge in [-0.15, -0.1) is 0 Å². The van der Waals surface area contributed by atoms with E-state index in [0.717, 1.165) is 24.2 Å². The molecule has 0 amide bonds. The second-order valence-electron chi connectivity index (χ2n) is 4.31. The molecular formula is C13H18N2O2. The van der Waals surface area contributed by atoms with E-state index in [0.29, 0.717) is 6.54 Å². The molecule has 92 valence electrons. The lowest BCUT2D eigenvalue weighted by Gasteiger charge is -2.12. The first-order chi connectivity index (χ1) is 8.22. The van der Waals surface area contributed by atoms with Crippen LogP contribution in [0.1, 0.15) is 22.8 Å². The van der Waals surface area contributed by atoms with Gasteiger partial charge in [0, 0.05) is 24.3 Å². The third-order valence-electron chi connectivity index (χ3n) is 3.06. The Morgan fingerprint density at radius 2 is 2.41 bits per heavy atom. The zero-order chi connectivity index (χ0) is 12.3. The molecule has 0 spiro atoms. The number of aliphatic hydroxyl groups excluding tert-OH is 1. The standard InChI is InChI=1S/C13H18N2O2/c1-9(14-6-7-16)13(17)11-2-3-12-10(8-11)4-5-15-12/h2-3,8-9,14-16H,4-7H2,1H3. The Labute approximate surface area is 101 Å². The molecule has 0 aromatic heterocycles. The summed E-state index contributed by atoms with van der Waals surface area (Å²) >= 11 is 0. The topological polar surface area (TPSA) is 61.4 Å². The van der Waals surface area contributed by atoms with Crippen molar-refractivity contribution in [2.45, 2.75) is 19.4 Å². The molecule has 0 fully saturated rings. The minimum Gasteiger partial charge on any atom is -0.395 e. The number of carbonyl (C=O) groups excluding carboxylic acids is 1. The maximum Gasteiger partial charge on any atom is 0.179 e. The Bertz CT molecular complexity index is 418. The van der Waals surface area contributed by atoms with Crippen molar-refractivity contribution in [3.05, 3.63) is 29.3 Å². The third kappa shape index (κ3) is 2.65. The van der Waals surface area contributed by atoms with E-state index in [9.17, 15) is 4.79 Å². The van der Waals surface area contributed by atoms with Gasteiger partial charge in [-0.25, -0.2) is 0 Å². The van der Waals surface area contributed by atoms with Gasteiger partial charge in [0.05, 0.1) is 12.6 Å². The van der Waals surface area contributed by atoms with Crippen molar-refractivity contribution in [1.82, 2.24) is 5.32 Å². The van der Waals surface area contributed by atoms with E-state index in [-0.39, 0.29) is 18.4 Å². The molecule has 0 aliphatic carbocycles. The summed E-state index contributed by atoms with van der Waals surface area (Å²) in [7, 11) is 0. The zero-order valence-electron chi connectivity index (χ0n) is 9.99. The van der Waals surface area contributed by atoms with Gasteiger partial charge in [0.1, 0.15) is 0 Å². The second-order valence-corrected chi connectivity index (χ2v) is 4.31. The first kappa shape index (κ1) is 12.1. The van der Waals surface area contributed by atoms with Crippen molar-refractivity contribution in [3.8, 4) is 0 Å². The van der Waals surface area contributed by atoms with Crippen LogP contribution < -0.4 is 10.6 Å². The Kier molecular flexibility index (Phi) is 3.76. The van der Waals surface area contributed by atoms with E-state index < -0.39 is 0 Å². The molecule has 4 heteroatoms. The number of fused-ring (bicyclic) bond motifs is 1. The van der Waals surface area contributed by atoms with E-state index in [2.05, 4.69) is 10.6 Å². The van der Waals surface area contributed by atoms with Gasteiger partial charge in [0.2, 0.25) is 0 Å². The van der Waals surface area contributed by atoms with E-state index >= 15 is 0 Å². The highest BCUT2D eigenvalue weighted by atomic mass is 16.3. The molecule has 1 aromatic carbocycles. The van der Waals surface area contributed by atoms with Crippen LogP contribution in [0.4, 0.5) is 5.69 Å². The largest absolute Gasteiger partial charge is 0.395 e. The summed E-state index contributed by atoms with van der Waals surface area (Å²) < 4.78 is 0. The predicted octanol–water partition coefficient (Wildman–Crippen LogP) is 0.808. The monoisotopic (exact) mass is 234 g/mol. The number of rotatable bonds is 5. The maximum absolute atomic E-state index is 12.1. The van der Waals surface area contributed by atoms with Crippen LogP contribution in [0.3, 0.4) is 0 Å². The minimum absolute atomic E-state index is 0.0473.